The Hall–Kier alpha value is -0.0400. The summed E-state index contributed by atoms with van der Waals surface area (Å²) in [6.07, 6.45) is 10.6. The molecule has 12 heavy (non-hydrogen) atoms. The summed E-state index contributed by atoms with van der Waals surface area (Å²) in [6, 6.07) is 0.455. The van der Waals surface area contributed by atoms with Crippen molar-refractivity contribution in [3.05, 3.63) is 0 Å². The second-order valence-corrected chi connectivity index (χ2v) is 3.72. The molecular formula is C11H25N. The van der Waals surface area contributed by atoms with E-state index in [2.05, 4.69) is 13.8 Å². The summed E-state index contributed by atoms with van der Waals surface area (Å²) in [6.45, 7) is 4.43. The van der Waals surface area contributed by atoms with E-state index >= 15 is 0 Å². The maximum atomic E-state index is 5.81. The van der Waals surface area contributed by atoms with E-state index in [1.807, 2.05) is 0 Å². The van der Waals surface area contributed by atoms with Gasteiger partial charge in [0.2, 0.25) is 0 Å². The first-order valence-corrected chi connectivity index (χ1v) is 5.56. The van der Waals surface area contributed by atoms with Crippen LogP contribution in [0.5, 0.6) is 0 Å². The fourth-order valence-corrected chi connectivity index (χ4v) is 1.39. The summed E-state index contributed by atoms with van der Waals surface area (Å²) < 4.78 is 0. The molecule has 0 radical (unpaired) electrons. The largest absolute Gasteiger partial charge is 0.328 e. The minimum atomic E-state index is 0.455. The van der Waals surface area contributed by atoms with Crippen molar-refractivity contribution >= 4 is 0 Å². The second-order valence-electron chi connectivity index (χ2n) is 3.72. The zero-order valence-electron chi connectivity index (χ0n) is 8.81. The van der Waals surface area contributed by atoms with Gasteiger partial charge < -0.3 is 5.73 Å². The molecule has 0 aromatic carbocycles. The number of rotatable bonds is 8. The Balaban J connectivity index is 2.90. The summed E-state index contributed by atoms with van der Waals surface area (Å²) in [5.41, 5.74) is 5.81. The molecule has 0 heterocycles. The molecule has 1 nitrogen and oxygen atoms in total. The van der Waals surface area contributed by atoms with Crippen LogP contribution in [-0.2, 0) is 0 Å². The van der Waals surface area contributed by atoms with Gasteiger partial charge in [-0.15, -0.1) is 0 Å². The molecular weight excluding hydrogens is 146 g/mol. The molecule has 1 atom stereocenters. The number of unbranched alkanes of at least 4 members (excludes halogenated alkanes) is 5. The van der Waals surface area contributed by atoms with E-state index in [0.29, 0.717) is 6.04 Å². The molecule has 2 N–H and O–H groups in total. The lowest BCUT2D eigenvalue weighted by molar-refractivity contribution is 0.526. The Bertz CT molecular complexity index is 81.1. The van der Waals surface area contributed by atoms with Gasteiger partial charge in [-0.1, -0.05) is 52.4 Å². The first-order chi connectivity index (χ1) is 5.81. The predicted molar refractivity (Wildman–Crippen MR) is 56.3 cm³/mol. The van der Waals surface area contributed by atoms with E-state index in [-0.39, 0.29) is 0 Å². The zero-order valence-corrected chi connectivity index (χ0v) is 8.81. The van der Waals surface area contributed by atoms with Crippen molar-refractivity contribution in [2.75, 3.05) is 0 Å². The first kappa shape index (κ1) is 12.0. The van der Waals surface area contributed by atoms with Gasteiger partial charge in [-0.05, 0) is 12.8 Å². The number of hydrogen-bond donors (Lipinski definition) is 1. The molecule has 0 rings (SSSR count). The first-order valence-electron chi connectivity index (χ1n) is 5.56. The number of hydrogen-bond acceptors (Lipinski definition) is 1. The van der Waals surface area contributed by atoms with Crippen LogP contribution < -0.4 is 5.73 Å². The van der Waals surface area contributed by atoms with Crippen LogP contribution in [0.3, 0.4) is 0 Å². The van der Waals surface area contributed by atoms with Gasteiger partial charge in [-0.3, -0.25) is 0 Å². The van der Waals surface area contributed by atoms with Crippen molar-refractivity contribution in [2.45, 2.75) is 71.3 Å². The lowest BCUT2D eigenvalue weighted by atomic mass is 10.1. The van der Waals surface area contributed by atoms with E-state index in [4.69, 9.17) is 5.73 Å². The summed E-state index contributed by atoms with van der Waals surface area (Å²) in [5.74, 6) is 0. The van der Waals surface area contributed by atoms with Crippen LogP contribution in [0, 0.1) is 0 Å². The van der Waals surface area contributed by atoms with Crippen molar-refractivity contribution in [3.8, 4) is 0 Å². The van der Waals surface area contributed by atoms with Crippen LogP contribution in [0.1, 0.15) is 65.2 Å². The van der Waals surface area contributed by atoms with Crippen molar-refractivity contribution in [3.63, 3.8) is 0 Å². The van der Waals surface area contributed by atoms with Crippen LogP contribution in [-0.4, -0.2) is 6.04 Å². The topological polar surface area (TPSA) is 26.0 Å². The van der Waals surface area contributed by atoms with Crippen molar-refractivity contribution in [1.29, 1.82) is 0 Å². The highest BCUT2D eigenvalue weighted by Crippen LogP contribution is 2.08. The molecule has 0 aliphatic rings. The highest BCUT2D eigenvalue weighted by Gasteiger charge is 1.97. The van der Waals surface area contributed by atoms with Crippen LogP contribution in [0.4, 0.5) is 0 Å². The Kier molecular flexibility index (Phi) is 9.02. The van der Waals surface area contributed by atoms with Crippen molar-refractivity contribution in [2.24, 2.45) is 5.73 Å². The quantitative estimate of drug-likeness (QED) is 0.556. The lowest BCUT2D eigenvalue weighted by Gasteiger charge is -2.07. The van der Waals surface area contributed by atoms with Gasteiger partial charge in [0.15, 0.2) is 0 Å². The Labute approximate surface area is 77.7 Å². The molecule has 0 spiro atoms. The molecule has 0 saturated heterocycles. The molecule has 0 bridgehead atoms. The SMILES string of the molecule is CCCCCCCC[C@H](N)CC. The minimum absolute atomic E-state index is 0.455. The Morgan fingerprint density at radius 3 is 2.08 bits per heavy atom. The second kappa shape index (κ2) is 9.05. The standard InChI is InChI=1S/C11H25N/c1-3-5-6-7-8-9-10-11(12)4-2/h11H,3-10,12H2,1-2H3/t11-/m1/s1. The predicted octanol–water partition coefficient (Wildman–Crippen LogP) is 3.47. The third kappa shape index (κ3) is 8.06. The maximum absolute atomic E-state index is 5.81. The zero-order chi connectivity index (χ0) is 9.23. The molecule has 0 saturated carbocycles. The fourth-order valence-electron chi connectivity index (χ4n) is 1.39. The van der Waals surface area contributed by atoms with Gasteiger partial charge in [-0.25, -0.2) is 0 Å². The summed E-state index contributed by atoms with van der Waals surface area (Å²) >= 11 is 0. The van der Waals surface area contributed by atoms with Crippen LogP contribution in [0.2, 0.25) is 0 Å². The molecule has 0 aromatic heterocycles. The van der Waals surface area contributed by atoms with Gasteiger partial charge in [-0.2, -0.15) is 0 Å². The average molecular weight is 171 g/mol. The van der Waals surface area contributed by atoms with E-state index < -0.39 is 0 Å². The third-order valence-corrected chi connectivity index (χ3v) is 2.45. The van der Waals surface area contributed by atoms with E-state index in [0.717, 1.165) is 6.42 Å². The smallest absolute Gasteiger partial charge is 0.00362 e. The molecule has 0 aromatic rings. The maximum Gasteiger partial charge on any atom is 0.00362 e. The minimum Gasteiger partial charge on any atom is -0.328 e. The third-order valence-electron chi connectivity index (χ3n) is 2.45. The van der Waals surface area contributed by atoms with Crippen molar-refractivity contribution in [1.82, 2.24) is 0 Å². The van der Waals surface area contributed by atoms with Gasteiger partial charge in [0.05, 0.1) is 0 Å². The molecule has 1 heteroatoms. The Morgan fingerprint density at radius 1 is 0.917 bits per heavy atom. The lowest BCUT2D eigenvalue weighted by Crippen LogP contribution is -2.17. The van der Waals surface area contributed by atoms with Crippen molar-refractivity contribution < 1.29 is 0 Å². The van der Waals surface area contributed by atoms with E-state index in [9.17, 15) is 0 Å². The number of nitrogens with two attached hydrogens (primary N) is 1. The van der Waals surface area contributed by atoms with E-state index in [1.165, 1.54) is 44.9 Å². The van der Waals surface area contributed by atoms with E-state index in [1.54, 1.807) is 0 Å². The molecule has 0 unspecified atom stereocenters. The normalized spacial score (nSPS) is 13.2. The van der Waals surface area contributed by atoms with Gasteiger partial charge in [0, 0.05) is 6.04 Å². The summed E-state index contributed by atoms with van der Waals surface area (Å²) in [4.78, 5) is 0. The van der Waals surface area contributed by atoms with Crippen LogP contribution in [0.25, 0.3) is 0 Å². The fraction of sp³-hybridized carbons (Fsp3) is 1.00. The molecule has 74 valence electrons. The molecule has 0 aliphatic carbocycles. The Morgan fingerprint density at radius 2 is 1.50 bits per heavy atom. The highest BCUT2D eigenvalue weighted by molar-refractivity contribution is 4.57. The average Bonchev–Trinajstić information content (AvgIpc) is 2.10. The van der Waals surface area contributed by atoms with Gasteiger partial charge >= 0.3 is 0 Å². The van der Waals surface area contributed by atoms with Gasteiger partial charge in [0.1, 0.15) is 0 Å². The van der Waals surface area contributed by atoms with Crippen LogP contribution >= 0.6 is 0 Å². The monoisotopic (exact) mass is 171 g/mol. The molecule has 0 aliphatic heterocycles. The highest BCUT2D eigenvalue weighted by atomic mass is 14.6. The molecule has 0 fully saturated rings. The summed E-state index contributed by atoms with van der Waals surface area (Å²) in [5, 5.41) is 0. The van der Waals surface area contributed by atoms with Crippen LogP contribution in [0.15, 0.2) is 0 Å². The summed E-state index contributed by atoms with van der Waals surface area (Å²) in [7, 11) is 0. The van der Waals surface area contributed by atoms with Gasteiger partial charge in [0.25, 0.3) is 0 Å². The molecule has 0 amide bonds.